The van der Waals surface area contributed by atoms with E-state index in [1.165, 1.54) is 6.07 Å². The van der Waals surface area contributed by atoms with Gasteiger partial charge in [0.25, 0.3) is 0 Å². The topological polar surface area (TPSA) is 95.6 Å². The van der Waals surface area contributed by atoms with Crippen LogP contribution in [0.3, 0.4) is 0 Å². The van der Waals surface area contributed by atoms with E-state index in [9.17, 15) is 18.0 Å². The van der Waals surface area contributed by atoms with Gasteiger partial charge >= 0.3 is 0 Å². The Balaban J connectivity index is 1.34. The fraction of sp³-hybridized carbons (Fsp3) is 0.364. The van der Waals surface area contributed by atoms with Crippen LogP contribution in [-0.2, 0) is 26.0 Å². The first-order valence-corrected chi connectivity index (χ1v) is 12.1. The predicted octanol–water partition coefficient (Wildman–Crippen LogP) is 3.25. The number of sulfonamides is 1. The second-order valence-corrected chi connectivity index (χ2v) is 10.1. The first-order valence-electron chi connectivity index (χ1n) is 10.2. The van der Waals surface area contributed by atoms with E-state index in [1.54, 1.807) is 35.2 Å². The standard InChI is InChI=1S/C22H24ClN3O4S/c1-14-2-5-17(13-19(14)23)25-21(27)8-10-24-31(29,30)18-6-7-20-16(12-18)9-11-26(20)22(28)15-3-4-15/h2,5-7,12-13,15,24H,3-4,8-11H2,1H3,(H,25,27). The Morgan fingerprint density at radius 3 is 2.65 bits per heavy atom. The number of hydrogen-bond acceptors (Lipinski definition) is 4. The second kappa shape index (κ2) is 8.61. The van der Waals surface area contributed by atoms with Crippen molar-refractivity contribution in [3.63, 3.8) is 0 Å². The summed E-state index contributed by atoms with van der Waals surface area (Å²) in [6, 6.07) is 10.0. The minimum absolute atomic E-state index is 0.0145. The molecule has 7 nitrogen and oxygen atoms in total. The van der Waals surface area contributed by atoms with Crippen LogP contribution in [0.25, 0.3) is 0 Å². The number of carbonyl (C=O) groups is 2. The number of fused-ring (bicyclic) bond motifs is 1. The molecule has 164 valence electrons. The van der Waals surface area contributed by atoms with Crippen molar-refractivity contribution in [3.8, 4) is 0 Å². The van der Waals surface area contributed by atoms with Gasteiger partial charge in [-0.1, -0.05) is 17.7 Å². The van der Waals surface area contributed by atoms with Gasteiger partial charge in [0.2, 0.25) is 21.8 Å². The van der Waals surface area contributed by atoms with E-state index < -0.39 is 10.0 Å². The Labute approximate surface area is 186 Å². The molecule has 0 bridgehead atoms. The summed E-state index contributed by atoms with van der Waals surface area (Å²) in [6.07, 6.45) is 2.50. The molecule has 2 N–H and O–H groups in total. The number of carbonyl (C=O) groups excluding carboxylic acids is 2. The molecule has 1 aliphatic carbocycles. The smallest absolute Gasteiger partial charge is 0.240 e. The molecule has 0 atom stereocenters. The molecular weight excluding hydrogens is 438 g/mol. The molecule has 0 radical (unpaired) electrons. The number of rotatable bonds is 7. The van der Waals surface area contributed by atoms with Gasteiger partial charge in [0.15, 0.2) is 0 Å². The summed E-state index contributed by atoms with van der Waals surface area (Å²) < 4.78 is 27.8. The van der Waals surface area contributed by atoms with E-state index in [0.717, 1.165) is 29.7 Å². The zero-order valence-electron chi connectivity index (χ0n) is 17.2. The van der Waals surface area contributed by atoms with Crippen molar-refractivity contribution in [1.29, 1.82) is 0 Å². The molecule has 0 saturated heterocycles. The van der Waals surface area contributed by atoms with E-state index in [2.05, 4.69) is 10.0 Å². The number of nitrogens with one attached hydrogen (secondary N) is 2. The Hall–Kier alpha value is -2.42. The minimum atomic E-state index is -3.76. The molecule has 0 spiro atoms. The van der Waals surface area contributed by atoms with Gasteiger partial charge in [0, 0.05) is 41.8 Å². The molecule has 2 aromatic rings. The van der Waals surface area contributed by atoms with Crippen LogP contribution in [-0.4, -0.2) is 33.3 Å². The van der Waals surface area contributed by atoms with Gasteiger partial charge in [-0.2, -0.15) is 0 Å². The average molecular weight is 462 g/mol. The van der Waals surface area contributed by atoms with Gasteiger partial charge in [0.1, 0.15) is 0 Å². The summed E-state index contributed by atoms with van der Waals surface area (Å²) >= 11 is 6.05. The number of anilines is 2. The Kier molecular flexibility index (Phi) is 6.05. The average Bonchev–Trinajstić information content (AvgIpc) is 3.49. The minimum Gasteiger partial charge on any atom is -0.326 e. The van der Waals surface area contributed by atoms with Gasteiger partial charge < -0.3 is 10.2 Å². The normalized spacial score (nSPS) is 15.6. The number of amides is 2. The lowest BCUT2D eigenvalue weighted by Gasteiger charge is -2.17. The highest BCUT2D eigenvalue weighted by atomic mass is 35.5. The van der Waals surface area contributed by atoms with E-state index in [0.29, 0.717) is 23.7 Å². The van der Waals surface area contributed by atoms with Crippen molar-refractivity contribution >= 4 is 44.8 Å². The lowest BCUT2D eigenvalue weighted by atomic mass is 10.2. The van der Waals surface area contributed by atoms with Crippen LogP contribution in [0, 0.1) is 12.8 Å². The van der Waals surface area contributed by atoms with Crippen molar-refractivity contribution in [3.05, 3.63) is 52.5 Å². The molecule has 4 rings (SSSR count). The summed E-state index contributed by atoms with van der Waals surface area (Å²) in [5, 5.41) is 3.25. The highest BCUT2D eigenvalue weighted by molar-refractivity contribution is 7.89. The van der Waals surface area contributed by atoms with Gasteiger partial charge in [0.05, 0.1) is 4.90 Å². The van der Waals surface area contributed by atoms with Crippen LogP contribution in [0.2, 0.25) is 5.02 Å². The van der Waals surface area contributed by atoms with Gasteiger partial charge in [-0.25, -0.2) is 13.1 Å². The third kappa shape index (κ3) is 4.92. The van der Waals surface area contributed by atoms with Crippen LogP contribution in [0.1, 0.15) is 30.4 Å². The first kappa shape index (κ1) is 21.8. The summed E-state index contributed by atoms with van der Waals surface area (Å²) in [6.45, 7) is 2.42. The van der Waals surface area contributed by atoms with Crippen molar-refractivity contribution in [1.82, 2.24) is 4.72 Å². The Morgan fingerprint density at radius 1 is 1.16 bits per heavy atom. The number of benzene rings is 2. The first-order chi connectivity index (χ1) is 14.7. The largest absolute Gasteiger partial charge is 0.326 e. The Morgan fingerprint density at radius 2 is 1.94 bits per heavy atom. The van der Waals surface area contributed by atoms with Gasteiger partial charge in [-0.05, 0) is 67.6 Å². The fourth-order valence-electron chi connectivity index (χ4n) is 3.60. The van der Waals surface area contributed by atoms with Crippen LogP contribution >= 0.6 is 11.6 Å². The maximum atomic E-state index is 12.6. The van der Waals surface area contributed by atoms with Crippen LogP contribution < -0.4 is 14.9 Å². The van der Waals surface area contributed by atoms with Crippen molar-refractivity contribution < 1.29 is 18.0 Å². The van der Waals surface area contributed by atoms with Crippen LogP contribution in [0.4, 0.5) is 11.4 Å². The molecule has 1 aliphatic heterocycles. The maximum Gasteiger partial charge on any atom is 0.240 e. The monoisotopic (exact) mass is 461 g/mol. The SMILES string of the molecule is Cc1ccc(NC(=O)CCNS(=O)(=O)c2ccc3c(c2)CCN3C(=O)C2CC2)cc1Cl. The van der Waals surface area contributed by atoms with E-state index >= 15 is 0 Å². The van der Waals surface area contributed by atoms with Crippen LogP contribution in [0.5, 0.6) is 0 Å². The van der Waals surface area contributed by atoms with Gasteiger partial charge in [-0.15, -0.1) is 0 Å². The molecule has 2 aromatic carbocycles. The molecule has 0 aromatic heterocycles. The zero-order valence-corrected chi connectivity index (χ0v) is 18.7. The third-order valence-electron chi connectivity index (χ3n) is 5.55. The number of nitrogens with zero attached hydrogens (tertiary/aromatic N) is 1. The van der Waals surface area contributed by atoms with E-state index in [1.807, 2.05) is 6.92 Å². The summed E-state index contributed by atoms with van der Waals surface area (Å²) in [4.78, 5) is 26.4. The van der Waals surface area contributed by atoms with E-state index in [-0.39, 0.29) is 35.6 Å². The summed E-state index contributed by atoms with van der Waals surface area (Å²) in [5.41, 5.74) is 3.12. The third-order valence-corrected chi connectivity index (χ3v) is 7.42. The molecule has 9 heteroatoms. The number of aryl methyl sites for hydroxylation is 1. The van der Waals surface area contributed by atoms with E-state index in [4.69, 9.17) is 11.6 Å². The molecule has 31 heavy (non-hydrogen) atoms. The maximum absolute atomic E-state index is 12.6. The molecule has 0 unspecified atom stereocenters. The lowest BCUT2D eigenvalue weighted by Crippen LogP contribution is -2.30. The molecule has 1 saturated carbocycles. The number of halogens is 1. The van der Waals surface area contributed by atoms with Crippen molar-refractivity contribution in [2.45, 2.75) is 37.5 Å². The van der Waals surface area contributed by atoms with Gasteiger partial charge in [-0.3, -0.25) is 9.59 Å². The number of hydrogen-bond donors (Lipinski definition) is 2. The molecule has 1 fully saturated rings. The Bertz CT molecular complexity index is 1150. The second-order valence-electron chi connectivity index (χ2n) is 7.96. The highest BCUT2D eigenvalue weighted by Gasteiger charge is 2.36. The molecule has 1 heterocycles. The summed E-state index contributed by atoms with van der Waals surface area (Å²) in [5.74, 6) is -0.0581. The lowest BCUT2D eigenvalue weighted by molar-refractivity contribution is -0.119. The molecule has 2 aliphatic rings. The molecular formula is C22H24ClN3O4S. The summed E-state index contributed by atoms with van der Waals surface area (Å²) in [7, 11) is -3.76. The van der Waals surface area contributed by atoms with Crippen molar-refractivity contribution in [2.24, 2.45) is 5.92 Å². The fourth-order valence-corrected chi connectivity index (χ4v) is 4.86. The zero-order chi connectivity index (χ0) is 22.2. The predicted molar refractivity (Wildman–Crippen MR) is 120 cm³/mol. The van der Waals surface area contributed by atoms with Crippen molar-refractivity contribution in [2.75, 3.05) is 23.3 Å². The quantitative estimate of drug-likeness (QED) is 0.661. The molecule has 2 amide bonds. The highest BCUT2D eigenvalue weighted by Crippen LogP contribution is 2.37. The van der Waals surface area contributed by atoms with Crippen LogP contribution in [0.15, 0.2) is 41.3 Å².